The fourth-order valence-corrected chi connectivity index (χ4v) is 11.8. The lowest BCUT2D eigenvalue weighted by Gasteiger charge is -2.41. The molecule has 0 saturated carbocycles. The number of carbonyl (C=O) groups excluding carboxylic acids is 11. The van der Waals surface area contributed by atoms with Crippen molar-refractivity contribution in [1.82, 2.24) is 60.9 Å². The van der Waals surface area contributed by atoms with Gasteiger partial charge in [0.15, 0.2) is 0 Å². The van der Waals surface area contributed by atoms with Crippen LogP contribution in [-0.4, -0.2) is 242 Å². The first-order valence-corrected chi connectivity index (χ1v) is 32.6. The third-order valence-electron chi connectivity index (χ3n) is 17.3. The van der Waals surface area contributed by atoms with Gasteiger partial charge in [0.25, 0.3) is 0 Å². The molecule has 1 aliphatic heterocycles. The van der Waals surface area contributed by atoms with Crippen LogP contribution in [0.1, 0.15) is 162 Å². The number of amides is 11. The Labute approximate surface area is 540 Å². The molecule has 24 heteroatoms. The summed E-state index contributed by atoms with van der Waals surface area (Å²) in [5.74, 6) is -9.15. The summed E-state index contributed by atoms with van der Waals surface area (Å²) in [6.07, 6.45) is 5.72. The van der Waals surface area contributed by atoms with E-state index in [1.807, 2.05) is 67.5 Å². The molecule has 13 atom stereocenters. The molecule has 0 aliphatic carbocycles. The number of likely N-dealkylation sites (N-methyl/N-ethyl adjacent to an activating group) is 7. The molecule has 5 N–H and O–H groups in total. The molecule has 90 heavy (non-hydrogen) atoms. The highest BCUT2D eigenvalue weighted by Crippen LogP contribution is 2.26. The highest BCUT2D eigenvalue weighted by Gasteiger charge is 2.45. The van der Waals surface area contributed by atoms with Crippen LogP contribution in [0, 0.1) is 41.4 Å². The first-order valence-electron chi connectivity index (χ1n) is 32.6. The molecule has 516 valence electrons. The molecule has 1 heterocycles. The third kappa shape index (κ3) is 23.2. The van der Waals surface area contributed by atoms with E-state index < -0.39 is 149 Å². The zero-order valence-corrected chi connectivity index (χ0v) is 59.6. The maximum atomic E-state index is 15.3. The predicted octanol–water partition coefficient (Wildman–Crippen LogP) is 3.90. The predicted molar refractivity (Wildman–Crippen MR) is 351 cm³/mol. The van der Waals surface area contributed by atoms with E-state index in [1.165, 1.54) is 105 Å². The van der Waals surface area contributed by atoms with Crippen molar-refractivity contribution in [3.05, 3.63) is 12.2 Å². The summed E-state index contributed by atoms with van der Waals surface area (Å²) in [6, 6.07) is -13.0. The Morgan fingerprint density at radius 3 is 1.39 bits per heavy atom. The van der Waals surface area contributed by atoms with E-state index in [0.717, 1.165) is 0 Å². The molecule has 0 spiro atoms. The van der Waals surface area contributed by atoms with Crippen molar-refractivity contribution < 1.29 is 57.5 Å². The molecule has 1 aliphatic rings. The molecule has 1 rings (SSSR count). The zero-order chi connectivity index (χ0) is 69.5. The van der Waals surface area contributed by atoms with Crippen molar-refractivity contribution in [2.24, 2.45) is 41.4 Å². The van der Waals surface area contributed by atoms with Crippen LogP contribution in [0.4, 0.5) is 0 Å². The van der Waals surface area contributed by atoms with Crippen LogP contribution in [-0.2, 0) is 57.5 Å². The number of rotatable bonds is 20. The number of nitrogens with one attached hydrogen (secondary N) is 5. The van der Waals surface area contributed by atoms with Gasteiger partial charge < -0.3 is 65.6 Å². The molecule has 11 amide bonds. The highest BCUT2D eigenvalue weighted by molar-refractivity contribution is 6.00. The van der Waals surface area contributed by atoms with Crippen molar-refractivity contribution in [2.75, 3.05) is 76.6 Å². The van der Waals surface area contributed by atoms with Gasteiger partial charge in [-0.1, -0.05) is 102 Å². The summed E-state index contributed by atoms with van der Waals surface area (Å²) < 4.78 is 5.53. The minimum Gasteiger partial charge on any atom is -0.384 e. The number of hydrogen-bond donors (Lipinski definition) is 5. The van der Waals surface area contributed by atoms with Gasteiger partial charge in [-0.3, -0.25) is 52.7 Å². The van der Waals surface area contributed by atoms with Gasteiger partial charge in [0.2, 0.25) is 65.0 Å². The minimum atomic E-state index is -1.26. The van der Waals surface area contributed by atoms with Crippen LogP contribution in [0.3, 0.4) is 0 Å². The fraction of sp³-hybridized carbons (Fsp3) is 0.803. The van der Waals surface area contributed by atoms with Crippen molar-refractivity contribution in [1.29, 1.82) is 0 Å². The van der Waals surface area contributed by atoms with E-state index in [4.69, 9.17) is 4.74 Å². The molecule has 0 aromatic carbocycles. The second-order valence-electron chi connectivity index (χ2n) is 27.2. The first-order chi connectivity index (χ1) is 41.8. The molecule has 24 nitrogen and oxygen atoms in total. The largest absolute Gasteiger partial charge is 0.384 e. The van der Waals surface area contributed by atoms with Gasteiger partial charge in [-0.25, -0.2) is 0 Å². The second kappa shape index (κ2) is 38.6. The fourth-order valence-electron chi connectivity index (χ4n) is 11.8. The summed E-state index contributed by atoms with van der Waals surface area (Å²) in [5.41, 5.74) is 0. The second-order valence-corrected chi connectivity index (χ2v) is 27.2. The topological polar surface area (TPSA) is 280 Å². The van der Waals surface area contributed by atoms with Crippen LogP contribution >= 0.6 is 0 Å². The van der Waals surface area contributed by atoms with E-state index >= 15 is 28.8 Å². The maximum Gasteiger partial charge on any atom is 0.246 e. The molecule has 1 saturated heterocycles. The van der Waals surface area contributed by atoms with E-state index in [2.05, 4.69) is 26.6 Å². The summed E-state index contributed by atoms with van der Waals surface area (Å²) in [4.78, 5) is 172. The SMILES string of the molecule is CC=CCC(C)CC1C(=O)NC(CC)C(=O)N(C)C(CCCNC)C(=O)N(C)C(C(C)COC)C(=O)NC(C(C)C)C(=O)N(C)C(CC(C)C)C(=O)NC(C)C(=O)NC(C)C(=O)N(C)C(CC(C)C)C(=O)N(C)C(CC(C)C)C(=O)N(C)C(C(C)C)C(=O)N1C. The van der Waals surface area contributed by atoms with Gasteiger partial charge >= 0.3 is 0 Å². The molecule has 1 fully saturated rings. The van der Waals surface area contributed by atoms with Gasteiger partial charge in [0.05, 0.1) is 6.61 Å². The lowest BCUT2D eigenvalue weighted by atomic mass is 9.93. The van der Waals surface area contributed by atoms with Gasteiger partial charge in [0.1, 0.15) is 66.5 Å². The van der Waals surface area contributed by atoms with Crippen LogP contribution in [0.25, 0.3) is 0 Å². The Bertz CT molecular complexity index is 2420. The number of ether oxygens (including phenoxy) is 1. The zero-order valence-electron chi connectivity index (χ0n) is 59.6. The minimum absolute atomic E-state index is 0.00929. The Morgan fingerprint density at radius 1 is 0.478 bits per heavy atom. The quantitative estimate of drug-likeness (QED) is 0.0856. The van der Waals surface area contributed by atoms with E-state index in [9.17, 15) is 24.0 Å². The van der Waals surface area contributed by atoms with Gasteiger partial charge in [-0.05, 0) is 121 Å². The third-order valence-corrected chi connectivity index (χ3v) is 17.3. The smallest absolute Gasteiger partial charge is 0.246 e. The number of carbonyl (C=O) groups is 11. The van der Waals surface area contributed by atoms with Crippen molar-refractivity contribution in [2.45, 2.75) is 229 Å². The lowest BCUT2D eigenvalue weighted by Crippen LogP contribution is -2.62. The highest BCUT2D eigenvalue weighted by atomic mass is 16.5. The molecular formula is C66H120N12O12. The Morgan fingerprint density at radius 2 is 0.911 bits per heavy atom. The molecule has 0 aromatic rings. The summed E-state index contributed by atoms with van der Waals surface area (Å²) in [6.45, 7) is 29.0. The van der Waals surface area contributed by atoms with E-state index in [-0.39, 0.29) is 68.8 Å². The van der Waals surface area contributed by atoms with Crippen molar-refractivity contribution in [3.8, 4) is 0 Å². The standard InChI is InChI=1S/C66H120N12O12/c1-26-28-30-43(13)36-50-58(81)70-47(27-2)61(84)72(18)48(31-29-32-67-17)62(85)78(24)55(44(14)37-90-25)59(82)71-53(41(9)10)65(88)73(19)49(33-38(3)4)57(80)68-45(15)56(79)69-46(16)60(83)75(21)51(34-39(5)6)63(86)76(22)52(35-40(7)8)64(87)77(23)54(42(11)12)66(89)74(50)20/h26,28,38-55,67H,27,29-37H2,1-25H3,(H,68,80)(H,69,79)(H,70,81)(H,71,82). The molecular weight excluding hydrogens is 1150 g/mol. The van der Waals surface area contributed by atoms with E-state index in [0.29, 0.717) is 19.4 Å². The maximum absolute atomic E-state index is 15.3. The Kier molecular flexibility index (Phi) is 35.1. The molecule has 13 unspecified atom stereocenters. The molecule has 0 radical (unpaired) electrons. The van der Waals surface area contributed by atoms with Crippen LogP contribution < -0.4 is 26.6 Å². The van der Waals surface area contributed by atoms with Gasteiger partial charge in [0, 0.05) is 62.4 Å². The van der Waals surface area contributed by atoms with E-state index in [1.54, 1.807) is 48.6 Å². The Balaban J connectivity index is 4.48. The van der Waals surface area contributed by atoms with Gasteiger partial charge in [-0.15, -0.1) is 0 Å². The number of methoxy groups -OCH3 is 1. The van der Waals surface area contributed by atoms with Crippen LogP contribution in [0.15, 0.2) is 12.2 Å². The monoisotopic (exact) mass is 1270 g/mol. The normalized spacial score (nSPS) is 26.8. The summed E-state index contributed by atoms with van der Waals surface area (Å²) >= 11 is 0. The van der Waals surface area contributed by atoms with Crippen molar-refractivity contribution >= 4 is 65.0 Å². The van der Waals surface area contributed by atoms with Crippen LogP contribution in [0.2, 0.25) is 0 Å². The number of hydrogen-bond acceptors (Lipinski definition) is 13. The summed E-state index contributed by atoms with van der Waals surface area (Å²) in [5, 5.41) is 14.4. The number of nitrogens with zero attached hydrogens (tertiary/aromatic N) is 7. The molecule has 0 bridgehead atoms. The first kappa shape index (κ1) is 81.8. The number of allylic oxidation sites excluding steroid dienone is 2. The van der Waals surface area contributed by atoms with Gasteiger partial charge in [-0.2, -0.15) is 0 Å². The molecule has 0 aromatic heterocycles. The van der Waals surface area contributed by atoms with Crippen molar-refractivity contribution in [3.63, 3.8) is 0 Å². The average Bonchev–Trinajstić information content (AvgIpc) is 2.74. The van der Waals surface area contributed by atoms with Crippen LogP contribution in [0.5, 0.6) is 0 Å². The lowest BCUT2D eigenvalue weighted by molar-refractivity contribution is -0.156. The average molecular weight is 1270 g/mol. The summed E-state index contributed by atoms with van der Waals surface area (Å²) in [7, 11) is 13.5. The Hall–Kier alpha value is -6.17.